The quantitative estimate of drug-likeness (QED) is 0.919. The highest BCUT2D eigenvalue weighted by molar-refractivity contribution is 5.42. The van der Waals surface area contributed by atoms with Gasteiger partial charge in [0.25, 0.3) is 0 Å². The second-order valence-electron chi connectivity index (χ2n) is 4.95. The summed E-state index contributed by atoms with van der Waals surface area (Å²) < 4.78 is 12.0. The van der Waals surface area contributed by atoms with Crippen LogP contribution in [0, 0.1) is 0 Å². The van der Waals surface area contributed by atoms with Crippen molar-refractivity contribution in [1.29, 1.82) is 0 Å². The van der Waals surface area contributed by atoms with E-state index >= 15 is 0 Å². The first-order valence-electron chi connectivity index (χ1n) is 7.11. The molecule has 2 aromatic rings. The Kier molecular flexibility index (Phi) is 4.19. The lowest BCUT2D eigenvalue weighted by atomic mass is 10.1. The molecule has 1 atom stereocenters. The predicted molar refractivity (Wildman–Crippen MR) is 79.5 cm³/mol. The van der Waals surface area contributed by atoms with Crippen LogP contribution in [0.3, 0.4) is 0 Å². The molecule has 1 saturated heterocycles. The molecule has 1 heterocycles. The van der Waals surface area contributed by atoms with Gasteiger partial charge in [-0.25, -0.2) is 0 Å². The Morgan fingerprint density at radius 3 is 2.40 bits per heavy atom. The van der Waals surface area contributed by atoms with E-state index in [0.717, 1.165) is 43.2 Å². The third-order valence-corrected chi connectivity index (χ3v) is 3.37. The Morgan fingerprint density at radius 1 is 0.900 bits per heavy atom. The van der Waals surface area contributed by atoms with Crippen LogP contribution in [-0.2, 0) is 0 Å². The summed E-state index contributed by atoms with van der Waals surface area (Å²) in [6.07, 6.45) is 2.48. The zero-order chi connectivity index (χ0) is 13.6. The smallest absolute Gasteiger partial charge is 0.169 e. The second-order valence-corrected chi connectivity index (χ2v) is 4.95. The van der Waals surface area contributed by atoms with Gasteiger partial charge < -0.3 is 14.8 Å². The van der Waals surface area contributed by atoms with Gasteiger partial charge in [-0.2, -0.15) is 0 Å². The number of benzene rings is 2. The first-order valence-corrected chi connectivity index (χ1v) is 7.11. The highest BCUT2D eigenvalue weighted by Gasteiger charge is 2.16. The van der Waals surface area contributed by atoms with Gasteiger partial charge in [-0.3, -0.25) is 0 Å². The van der Waals surface area contributed by atoms with Gasteiger partial charge >= 0.3 is 0 Å². The van der Waals surface area contributed by atoms with Crippen molar-refractivity contribution in [3.63, 3.8) is 0 Å². The van der Waals surface area contributed by atoms with Gasteiger partial charge in [-0.1, -0.05) is 30.3 Å². The number of para-hydroxylation sites is 3. The Hall–Kier alpha value is -2.00. The number of rotatable bonds is 4. The summed E-state index contributed by atoms with van der Waals surface area (Å²) in [7, 11) is 0. The number of ether oxygens (including phenoxy) is 2. The molecule has 0 amide bonds. The Bertz CT molecular complexity index is 536. The highest BCUT2D eigenvalue weighted by atomic mass is 16.5. The maximum absolute atomic E-state index is 6.07. The molecule has 0 aliphatic carbocycles. The minimum Gasteiger partial charge on any atom is -0.485 e. The third kappa shape index (κ3) is 3.31. The summed E-state index contributed by atoms with van der Waals surface area (Å²) in [6, 6.07) is 17.6. The SMILES string of the molecule is c1ccc(Oc2ccccc2OC2CCCNC2)cc1. The molecule has 104 valence electrons. The minimum absolute atomic E-state index is 0.226. The predicted octanol–water partition coefficient (Wildman–Crippen LogP) is 3.61. The first kappa shape index (κ1) is 13.0. The van der Waals surface area contributed by atoms with E-state index in [1.54, 1.807) is 0 Å². The lowest BCUT2D eigenvalue weighted by Crippen LogP contribution is -2.37. The molecule has 0 spiro atoms. The van der Waals surface area contributed by atoms with Gasteiger partial charge in [0.1, 0.15) is 11.9 Å². The van der Waals surface area contributed by atoms with Crippen molar-refractivity contribution in [3.05, 3.63) is 54.6 Å². The van der Waals surface area contributed by atoms with Crippen LogP contribution in [0.4, 0.5) is 0 Å². The van der Waals surface area contributed by atoms with Gasteiger partial charge in [0.05, 0.1) is 0 Å². The van der Waals surface area contributed by atoms with Crippen molar-refractivity contribution in [3.8, 4) is 17.2 Å². The standard InChI is InChI=1S/C17H19NO2/c1-2-7-14(8-3-1)19-16-10-4-5-11-17(16)20-15-9-6-12-18-13-15/h1-5,7-8,10-11,15,18H,6,9,12-13H2. The Balaban J connectivity index is 1.74. The minimum atomic E-state index is 0.226. The average Bonchev–Trinajstić information content (AvgIpc) is 2.51. The summed E-state index contributed by atoms with van der Waals surface area (Å²) >= 11 is 0. The normalized spacial score (nSPS) is 18.5. The Labute approximate surface area is 119 Å². The maximum atomic E-state index is 6.07. The zero-order valence-electron chi connectivity index (χ0n) is 11.4. The van der Waals surface area contributed by atoms with Crippen LogP contribution >= 0.6 is 0 Å². The second kappa shape index (κ2) is 6.44. The van der Waals surface area contributed by atoms with Gasteiger partial charge in [0.2, 0.25) is 0 Å². The van der Waals surface area contributed by atoms with Crippen molar-refractivity contribution in [2.45, 2.75) is 18.9 Å². The summed E-state index contributed by atoms with van der Waals surface area (Å²) in [5, 5.41) is 3.36. The molecular formula is C17H19NO2. The van der Waals surface area contributed by atoms with E-state index in [1.165, 1.54) is 0 Å². The van der Waals surface area contributed by atoms with E-state index in [0.29, 0.717) is 0 Å². The summed E-state index contributed by atoms with van der Waals surface area (Å²) in [5.41, 5.74) is 0. The molecule has 1 N–H and O–H groups in total. The van der Waals surface area contributed by atoms with Gasteiger partial charge in [0.15, 0.2) is 11.5 Å². The monoisotopic (exact) mass is 269 g/mol. The van der Waals surface area contributed by atoms with E-state index in [4.69, 9.17) is 9.47 Å². The van der Waals surface area contributed by atoms with Gasteiger partial charge in [0, 0.05) is 6.54 Å². The van der Waals surface area contributed by atoms with E-state index in [1.807, 2.05) is 54.6 Å². The molecule has 3 rings (SSSR count). The maximum Gasteiger partial charge on any atom is 0.169 e. The Morgan fingerprint density at radius 2 is 1.65 bits per heavy atom. The number of hydrogen-bond acceptors (Lipinski definition) is 3. The van der Waals surface area contributed by atoms with E-state index in [2.05, 4.69) is 5.32 Å². The molecule has 0 radical (unpaired) electrons. The van der Waals surface area contributed by atoms with Crippen LogP contribution in [0.2, 0.25) is 0 Å². The van der Waals surface area contributed by atoms with E-state index in [-0.39, 0.29) is 6.10 Å². The molecule has 1 aliphatic rings. The fraction of sp³-hybridized carbons (Fsp3) is 0.294. The zero-order valence-corrected chi connectivity index (χ0v) is 11.4. The molecule has 2 aromatic carbocycles. The third-order valence-electron chi connectivity index (χ3n) is 3.37. The van der Waals surface area contributed by atoms with Crippen molar-refractivity contribution in [2.24, 2.45) is 0 Å². The fourth-order valence-electron chi connectivity index (χ4n) is 2.35. The van der Waals surface area contributed by atoms with Crippen LogP contribution in [0.1, 0.15) is 12.8 Å². The van der Waals surface area contributed by atoms with Crippen LogP contribution in [-0.4, -0.2) is 19.2 Å². The molecule has 3 nitrogen and oxygen atoms in total. The number of piperidine rings is 1. The topological polar surface area (TPSA) is 30.5 Å². The van der Waals surface area contributed by atoms with Gasteiger partial charge in [-0.15, -0.1) is 0 Å². The van der Waals surface area contributed by atoms with E-state index < -0.39 is 0 Å². The number of hydrogen-bond donors (Lipinski definition) is 1. The summed E-state index contributed by atoms with van der Waals surface area (Å²) in [6.45, 7) is 1.99. The molecule has 1 aliphatic heterocycles. The lowest BCUT2D eigenvalue weighted by molar-refractivity contribution is 0.162. The lowest BCUT2D eigenvalue weighted by Gasteiger charge is -2.24. The van der Waals surface area contributed by atoms with Crippen LogP contribution in [0.25, 0.3) is 0 Å². The van der Waals surface area contributed by atoms with Crippen molar-refractivity contribution < 1.29 is 9.47 Å². The average molecular weight is 269 g/mol. The van der Waals surface area contributed by atoms with E-state index in [9.17, 15) is 0 Å². The van der Waals surface area contributed by atoms with Crippen molar-refractivity contribution >= 4 is 0 Å². The highest BCUT2D eigenvalue weighted by Crippen LogP contribution is 2.32. The van der Waals surface area contributed by atoms with Crippen LogP contribution < -0.4 is 14.8 Å². The summed E-state index contributed by atoms with van der Waals surface area (Å²) in [4.78, 5) is 0. The summed E-state index contributed by atoms with van der Waals surface area (Å²) in [5.74, 6) is 2.40. The molecular weight excluding hydrogens is 250 g/mol. The number of nitrogens with one attached hydrogen (secondary N) is 1. The molecule has 0 saturated carbocycles. The fourth-order valence-corrected chi connectivity index (χ4v) is 2.35. The molecule has 0 bridgehead atoms. The molecule has 0 aromatic heterocycles. The largest absolute Gasteiger partial charge is 0.485 e. The molecule has 1 fully saturated rings. The van der Waals surface area contributed by atoms with Crippen molar-refractivity contribution in [1.82, 2.24) is 5.32 Å². The molecule has 20 heavy (non-hydrogen) atoms. The van der Waals surface area contributed by atoms with Crippen LogP contribution in [0.15, 0.2) is 54.6 Å². The van der Waals surface area contributed by atoms with Gasteiger partial charge in [-0.05, 0) is 43.7 Å². The molecule has 1 unspecified atom stereocenters. The van der Waals surface area contributed by atoms with Crippen molar-refractivity contribution in [2.75, 3.05) is 13.1 Å². The molecule has 3 heteroatoms. The first-order chi connectivity index (χ1) is 9.92. The van der Waals surface area contributed by atoms with Crippen LogP contribution in [0.5, 0.6) is 17.2 Å².